The van der Waals surface area contributed by atoms with Crippen LogP contribution in [0.4, 0.5) is 14.7 Å². The maximum absolute atomic E-state index is 15.2. The number of rotatable bonds is 2. The number of H-pyrrole nitrogens is 1. The number of hydrogen-bond acceptors (Lipinski definition) is 3. The van der Waals surface area contributed by atoms with Crippen molar-refractivity contribution in [3.63, 3.8) is 0 Å². The molecule has 30 heavy (non-hydrogen) atoms. The van der Waals surface area contributed by atoms with Gasteiger partial charge in [-0.3, -0.25) is 0 Å². The van der Waals surface area contributed by atoms with Crippen molar-refractivity contribution in [2.75, 3.05) is 11.4 Å². The van der Waals surface area contributed by atoms with Crippen LogP contribution in [0, 0.1) is 25.5 Å². The fraction of sp³-hybridized carbons (Fsp3) is 0.217. The fourth-order valence-electron chi connectivity index (χ4n) is 4.25. The summed E-state index contributed by atoms with van der Waals surface area (Å²) in [7, 11) is 0. The van der Waals surface area contributed by atoms with Gasteiger partial charge in [-0.2, -0.15) is 0 Å². The molecule has 4 aromatic rings. The van der Waals surface area contributed by atoms with Crippen LogP contribution in [0.15, 0.2) is 42.6 Å². The highest BCUT2D eigenvalue weighted by atomic mass is 35.5. The first-order valence-electron chi connectivity index (χ1n) is 9.75. The molecule has 0 saturated heterocycles. The van der Waals surface area contributed by atoms with Gasteiger partial charge in [0.1, 0.15) is 6.04 Å². The summed E-state index contributed by atoms with van der Waals surface area (Å²) in [4.78, 5) is 14.3. The molecule has 0 radical (unpaired) electrons. The molecule has 1 aliphatic rings. The van der Waals surface area contributed by atoms with Gasteiger partial charge in [0.25, 0.3) is 0 Å². The Morgan fingerprint density at radius 3 is 2.73 bits per heavy atom. The second-order valence-electron chi connectivity index (χ2n) is 7.65. The number of aromatic nitrogens is 3. The molecule has 1 atom stereocenters. The minimum Gasteiger partial charge on any atom is -0.356 e. The Labute approximate surface area is 177 Å². The van der Waals surface area contributed by atoms with Gasteiger partial charge in [-0.15, -0.1) is 0 Å². The van der Waals surface area contributed by atoms with E-state index in [0.29, 0.717) is 23.9 Å². The first kappa shape index (κ1) is 19.0. The van der Waals surface area contributed by atoms with E-state index in [1.165, 1.54) is 0 Å². The molecule has 3 heterocycles. The number of aromatic amines is 1. The summed E-state index contributed by atoms with van der Waals surface area (Å²) in [6, 6.07) is 10.1. The molecular weight excluding hydrogens is 406 g/mol. The molecule has 5 rings (SSSR count). The summed E-state index contributed by atoms with van der Waals surface area (Å²) in [6.07, 6.45) is 2.39. The van der Waals surface area contributed by atoms with Gasteiger partial charge < -0.3 is 9.88 Å². The van der Waals surface area contributed by atoms with Crippen LogP contribution in [0.3, 0.4) is 0 Å². The zero-order valence-corrected chi connectivity index (χ0v) is 17.3. The first-order chi connectivity index (χ1) is 14.4. The Morgan fingerprint density at radius 2 is 1.93 bits per heavy atom. The molecule has 0 amide bonds. The standard InChI is InChI=1S/C23H19ClF2N4/c1-12-3-5-16(20(26)19(12)25)22-21-15(17-11-14(24)4-6-18(17)29-21)8-10-30(22)23-27-9-7-13(2)28-23/h3-7,9,11,22,29H,8,10H2,1-2H3/t22-/m1/s1. The van der Waals surface area contributed by atoms with Gasteiger partial charge in [0.15, 0.2) is 11.6 Å². The predicted molar refractivity (Wildman–Crippen MR) is 114 cm³/mol. The van der Waals surface area contributed by atoms with E-state index in [0.717, 1.165) is 27.9 Å². The van der Waals surface area contributed by atoms with Crippen LogP contribution in [0.1, 0.15) is 34.1 Å². The van der Waals surface area contributed by atoms with Crippen molar-refractivity contribution in [3.8, 4) is 0 Å². The van der Waals surface area contributed by atoms with Gasteiger partial charge >= 0.3 is 0 Å². The summed E-state index contributed by atoms with van der Waals surface area (Å²) >= 11 is 6.22. The molecule has 4 nitrogen and oxygen atoms in total. The molecule has 7 heteroatoms. The number of nitrogens with zero attached hydrogens (tertiary/aromatic N) is 3. The van der Waals surface area contributed by atoms with Crippen LogP contribution in [-0.4, -0.2) is 21.5 Å². The largest absolute Gasteiger partial charge is 0.356 e. The maximum Gasteiger partial charge on any atom is 0.226 e. The minimum atomic E-state index is -0.845. The van der Waals surface area contributed by atoms with E-state index in [9.17, 15) is 4.39 Å². The van der Waals surface area contributed by atoms with E-state index >= 15 is 4.39 Å². The number of hydrogen-bond donors (Lipinski definition) is 1. The van der Waals surface area contributed by atoms with E-state index in [-0.39, 0.29) is 11.1 Å². The average molecular weight is 425 g/mol. The van der Waals surface area contributed by atoms with E-state index in [4.69, 9.17) is 11.6 Å². The van der Waals surface area contributed by atoms with Gasteiger partial charge in [0, 0.05) is 45.6 Å². The van der Waals surface area contributed by atoms with Crippen LogP contribution < -0.4 is 4.90 Å². The molecule has 0 fully saturated rings. The highest BCUT2D eigenvalue weighted by Crippen LogP contribution is 2.41. The van der Waals surface area contributed by atoms with E-state index in [2.05, 4.69) is 15.0 Å². The number of anilines is 1. The lowest BCUT2D eigenvalue weighted by atomic mass is 9.91. The van der Waals surface area contributed by atoms with Crippen LogP contribution >= 0.6 is 11.6 Å². The molecule has 1 N–H and O–H groups in total. The molecular formula is C23H19ClF2N4. The minimum absolute atomic E-state index is 0.252. The Morgan fingerprint density at radius 1 is 1.10 bits per heavy atom. The van der Waals surface area contributed by atoms with Gasteiger partial charge in [-0.1, -0.05) is 23.7 Å². The highest BCUT2D eigenvalue weighted by molar-refractivity contribution is 6.31. The SMILES string of the molecule is Cc1ccnc(N2CCc3c([nH]c4ccc(Cl)cc34)[C@H]2c2ccc(C)c(F)c2F)n1. The third-order valence-electron chi connectivity index (χ3n) is 5.73. The van der Waals surface area contributed by atoms with E-state index in [1.807, 2.05) is 36.1 Å². The smallest absolute Gasteiger partial charge is 0.226 e. The van der Waals surface area contributed by atoms with E-state index < -0.39 is 17.7 Å². The quantitative estimate of drug-likeness (QED) is 0.451. The topological polar surface area (TPSA) is 44.8 Å². The lowest BCUT2D eigenvalue weighted by Crippen LogP contribution is -2.38. The molecule has 2 aromatic heterocycles. The van der Waals surface area contributed by atoms with Crippen LogP contribution in [-0.2, 0) is 6.42 Å². The Hall–Kier alpha value is -2.99. The number of benzene rings is 2. The Balaban J connectivity index is 1.77. The summed E-state index contributed by atoms with van der Waals surface area (Å²) in [6.45, 7) is 4.00. The molecule has 0 unspecified atom stereocenters. The van der Waals surface area contributed by atoms with Gasteiger partial charge in [0.05, 0.1) is 0 Å². The van der Waals surface area contributed by atoms with Crippen molar-refractivity contribution >= 4 is 28.5 Å². The Bertz CT molecular complexity index is 1280. The molecule has 2 aromatic carbocycles. The molecule has 0 aliphatic carbocycles. The number of halogens is 3. The first-order valence-corrected chi connectivity index (χ1v) is 10.1. The number of nitrogens with one attached hydrogen (secondary N) is 1. The van der Waals surface area contributed by atoms with Crippen molar-refractivity contribution in [3.05, 3.63) is 87.3 Å². The molecule has 0 spiro atoms. The molecule has 152 valence electrons. The van der Waals surface area contributed by atoms with Crippen molar-refractivity contribution < 1.29 is 8.78 Å². The third-order valence-corrected chi connectivity index (χ3v) is 5.96. The lowest BCUT2D eigenvalue weighted by molar-refractivity contribution is 0.481. The van der Waals surface area contributed by atoms with Crippen molar-refractivity contribution in [2.24, 2.45) is 0 Å². The van der Waals surface area contributed by atoms with Gasteiger partial charge in [-0.25, -0.2) is 18.7 Å². The highest BCUT2D eigenvalue weighted by Gasteiger charge is 2.35. The molecule has 0 bridgehead atoms. The summed E-state index contributed by atoms with van der Waals surface area (Å²) < 4.78 is 29.7. The van der Waals surface area contributed by atoms with E-state index in [1.54, 1.807) is 25.3 Å². The summed E-state index contributed by atoms with van der Waals surface area (Å²) in [5.74, 6) is -1.19. The molecule has 1 aliphatic heterocycles. The van der Waals surface area contributed by atoms with Gasteiger partial charge in [0.2, 0.25) is 5.95 Å². The van der Waals surface area contributed by atoms with Crippen molar-refractivity contribution in [1.29, 1.82) is 0 Å². The van der Waals surface area contributed by atoms with Gasteiger partial charge in [-0.05, 0) is 55.7 Å². The fourth-order valence-corrected chi connectivity index (χ4v) is 4.42. The van der Waals surface area contributed by atoms with Crippen molar-refractivity contribution in [1.82, 2.24) is 15.0 Å². The Kier molecular flexibility index (Phi) is 4.47. The summed E-state index contributed by atoms with van der Waals surface area (Å²) in [5, 5.41) is 1.64. The number of aryl methyl sites for hydroxylation is 2. The molecule has 0 saturated carbocycles. The third kappa shape index (κ3) is 2.94. The lowest BCUT2D eigenvalue weighted by Gasteiger charge is -2.36. The second-order valence-corrected chi connectivity index (χ2v) is 8.09. The normalized spacial score (nSPS) is 16.2. The second kappa shape index (κ2) is 7.06. The van der Waals surface area contributed by atoms with Crippen LogP contribution in [0.5, 0.6) is 0 Å². The summed E-state index contributed by atoms with van der Waals surface area (Å²) in [5.41, 5.74) is 4.11. The average Bonchev–Trinajstić information content (AvgIpc) is 3.10. The maximum atomic E-state index is 15.2. The van der Waals surface area contributed by atoms with Crippen LogP contribution in [0.2, 0.25) is 5.02 Å². The monoisotopic (exact) mass is 424 g/mol. The number of fused-ring (bicyclic) bond motifs is 3. The van der Waals surface area contributed by atoms with Crippen LogP contribution in [0.25, 0.3) is 10.9 Å². The zero-order valence-electron chi connectivity index (χ0n) is 16.5. The predicted octanol–water partition coefficient (Wildman–Crippen LogP) is 5.66. The zero-order chi connectivity index (χ0) is 21.0. The van der Waals surface area contributed by atoms with Crippen molar-refractivity contribution in [2.45, 2.75) is 26.3 Å².